The van der Waals surface area contributed by atoms with Gasteiger partial charge in [0.25, 0.3) is 7.37 Å². The number of benzene rings is 2. The lowest BCUT2D eigenvalue weighted by molar-refractivity contribution is 0.491. The zero-order chi connectivity index (χ0) is 22.0. The number of rotatable bonds is 13. The fraction of sp³-hybridized carbons (Fsp3) is 0.481. The van der Waals surface area contributed by atoms with Crippen LogP contribution in [0, 0.1) is 0 Å². The van der Waals surface area contributed by atoms with Crippen LogP contribution in [0.5, 0.6) is 5.75 Å². The molecule has 0 aromatic heterocycles. The fourth-order valence-electron chi connectivity index (χ4n) is 4.03. The molecule has 2 rings (SSSR count). The first-order chi connectivity index (χ1) is 14.5. The molecule has 0 aliphatic rings. The molecule has 0 saturated carbocycles. The normalized spacial score (nSPS) is 13.1. The summed E-state index contributed by atoms with van der Waals surface area (Å²) >= 11 is 0. The molecular formula is C27H39O2P. The average molecular weight is 427 g/mol. The zero-order valence-corrected chi connectivity index (χ0v) is 20.3. The van der Waals surface area contributed by atoms with Crippen LogP contribution in [-0.2, 0) is 30.2 Å². The topological polar surface area (TPSA) is 26.3 Å². The number of aryl methyl sites for hydroxylation is 4. The zero-order valence-electron chi connectivity index (χ0n) is 19.4. The van der Waals surface area contributed by atoms with Gasteiger partial charge in [-0.05, 0) is 60.1 Å². The van der Waals surface area contributed by atoms with Gasteiger partial charge >= 0.3 is 0 Å². The first-order valence-electron chi connectivity index (χ1n) is 11.6. The van der Waals surface area contributed by atoms with Gasteiger partial charge in [0.05, 0.1) is 11.5 Å². The van der Waals surface area contributed by atoms with Crippen LogP contribution in [0.15, 0.2) is 49.1 Å². The van der Waals surface area contributed by atoms with Crippen LogP contribution in [-0.4, -0.2) is 6.16 Å². The van der Waals surface area contributed by atoms with Crippen molar-refractivity contribution in [3.63, 3.8) is 0 Å². The molecule has 0 N–H and O–H groups in total. The smallest absolute Gasteiger partial charge is 0.281 e. The van der Waals surface area contributed by atoms with E-state index >= 15 is 0 Å². The summed E-state index contributed by atoms with van der Waals surface area (Å²) in [6.45, 7) is 12.6. The largest absolute Gasteiger partial charge is 0.439 e. The highest BCUT2D eigenvalue weighted by Gasteiger charge is 2.29. The maximum Gasteiger partial charge on any atom is 0.281 e. The first-order valence-corrected chi connectivity index (χ1v) is 13.5. The van der Waals surface area contributed by atoms with Gasteiger partial charge in [-0.2, -0.15) is 0 Å². The van der Waals surface area contributed by atoms with Crippen molar-refractivity contribution in [1.29, 1.82) is 0 Å². The van der Waals surface area contributed by atoms with Crippen molar-refractivity contribution < 1.29 is 9.09 Å². The Balaban J connectivity index is 2.50. The summed E-state index contributed by atoms with van der Waals surface area (Å²) < 4.78 is 20.6. The van der Waals surface area contributed by atoms with Gasteiger partial charge in [0, 0.05) is 0 Å². The lowest BCUT2D eigenvalue weighted by Crippen LogP contribution is -2.18. The molecular weight excluding hydrogens is 387 g/mol. The van der Waals surface area contributed by atoms with E-state index in [1.807, 2.05) is 12.1 Å². The van der Waals surface area contributed by atoms with Crippen LogP contribution in [0.25, 0.3) is 0 Å². The molecule has 2 aromatic rings. The molecule has 0 radical (unpaired) electrons. The molecule has 0 saturated heterocycles. The monoisotopic (exact) mass is 426 g/mol. The highest BCUT2D eigenvalue weighted by molar-refractivity contribution is 7.67. The van der Waals surface area contributed by atoms with Gasteiger partial charge in [-0.25, -0.2) is 0 Å². The van der Waals surface area contributed by atoms with Gasteiger partial charge < -0.3 is 4.52 Å². The maximum atomic E-state index is 14.2. The van der Waals surface area contributed by atoms with Gasteiger partial charge in [-0.1, -0.05) is 83.7 Å². The number of hydrogen-bond acceptors (Lipinski definition) is 2. The molecule has 2 aromatic carbocycles. The Morgan fingerprint density at radius 3 is 1.90 bits per heavy atom. The standard InChI is InChI=1S/C27H39O2P/c1-6-11-22-15-17-26(24(20-22)13-8-3)29-30(28,19-10-5)27-18-16-23(12-7-2)21-25(27)14-9-4/h10,15-18,20-21H,5-9,11-14,19H2,1-4H3. The predicted molar refractivity (Wildman–Crippen MR) is 132 cm³/mol. The predicted octanol–water partition coefficient (Wildman–Crippen LogP) is 7.67. The van der Waals surface area contributed by atoms with Crippen LogP contribution in [0.1, 0.15) is 75.6 Å². The Kier molecular flexibility index (Phi) is 9.92. The Bertz CT molecular complexity index is 869. The minimum Gasteiger partial charge on any atom is -0.439 e. The van der Waals surface area contributed by atoms with Crippen molar-refractivity contribution in [2.45, 2.75) is 79.1 Å². The van der Waals surface area contributed by atoms with Gasteiger partial charge in [0.15, 0.2) is 0 Å². The molecule has 30 heavy (non-hydrogen) atoms. The molecule has 3 heteroatoms. The van der Waals surface area contributed by atoms with E-state index in [0.29, 0.717) is 6.16 Å². The maximum absolute atomic E-state index is 14.2. The van der Waals surface area contributed by atoms with Crippen LogP contribution < -0.4 is 9.83 Å². The molecule has 0 spiro atoms. The second-order valence-electron chi connectivity index (χ2n) is 8.14. The van der Waals surface area contributed by atoms with Crippen molar-refractivity contribution in [3.8, 4) is 5.75 Å². The van der Waals surface area contributed by atoms with E-state index in [-0.39, 0.29) is 0 Å². The van der Waals surface area contributed by atoms with E-state index in [0.717, 1.165) is 73.5 Å². The second kappa shape index (κ2) is 12.2. The van der Waals surface area contributed by atoms with Crippen molar-refractivity contribution in [3.05, 3.63) is 71.3 Å². The van der Waals surface area contributed by atoms with Crippen molar-refractivity contribution >= 4 is 12.7 Å². The molecule has 0 aliphatic carbocycles. The summed E-state index contributed by atoms with van der Waals surface area (Å²) in [6, 6.07) is 12.8. The third kappa shape index (κ3) is 6.35. The molecule has 0 fully saturated rings. The summed E-state index contributed by atoms with van der Waals surface area (Å²) in [7, 11) is -3.10. The summed E-state index contributed by atoms with van der Waals surface area (Å²) in [5, 5.41) is 0.865. The van der Waals surface area contributed by atoms with E-state index in [9.17, 15) is 4.57 Å². The molecule has 0 aliphatic heterocycles. The Morgan fingerprint density at radius 2 is 1.33 bits per heavy atom. The van der Waals surface area contributed by atoms with Crippen molar-refractivity contribution in [2.24, 2.45) is 0 Å². The lowest BCUT2D eigenvalue weighted by Gasteiger charge is -2.24. The van der Waals surface area contributed by atoms with Crippen LogP contribution >= 0.6 is 7.37 Å². The summed E-state index contributed by atoms with van der Waals surface area (Å²) in [5.74, 6) is 0.766. The number of hydrogen-bond donors (Lipinski definition) is 0. The van der Waals surface area contributed by atoms with Gasteiger partial charge in [-0.15, -0.1) is 6.58 Å². The van der Waals surface area contributed by atoms with Gasteiger partial charge in [0.2, 0.25) is 0 Å². The highest BCUT2D eigenvalue weighted by Crippen LogP contribution is 2.48. The lowest BCUT2D eigenvalue weighted by atomic mass is 10.0. The van der Waals surface area contributed by atoms with Crippen molar-refractivity contribution in [1.82, 2.24) is 0 Å². The van der Waals surface area contributed by atoms with Crippen molar-refractivity contribution in [2.75, 3.05) is 6.16 Å². The quantitative estimate of drug-likeness (QED) is 0.243. The Hall–Kier alpha value is -1.79. The van der Waals surface area contributed by atoms with Crippen LogP contribution in [0.2, 0.25) is 0 Å². The van der Waals surface area contributed by atoms with Crippen LogP contribution in [0.4, 0.5) is 0 Å². The molecule has 1 unspecified atom stereocenters. The van der Waals surface area contributed by atoms with E-state index in [2.05, 4.69) is 58.5 Å². The molecule has 0 bridgehead atoms. The minimum atomic E-state index is -3.10. The van der Waals surface area contributed by atoms with Crippen LogP contribution in [0.3, 0.4) is 0 Å². The minimum absolute atomic E-state index is 0.346. The Morgan fingerprint density at radius 1 is 0.800 bits per heavy atom. The SMILES string of the molecule is C=CCP(=O)(Oc1ccc(CCC)cc1CCC)c1ccc(CCC)cc1CCC. The molecule has 2 nitrogen and oxygen atoms in total. The first kappa shape index (κ1) is 24.5. The summed E-state index contributed by atoms with van der Waals surface area (Å²) in [5.41, 5.74) is 4.95. The van der Waals surface area contributed by atoms with E-state index in [1.165, 1.54) is 11.1 Å². The fourth-order valence-corrected chi connectivity index (χ4v) is 6.15. The highest BCUT2D eigenvalue weighted by atomic mass is 31.2. The van der Waals surface area contributed by atoms with E-state index < -0.39 is 7.37 Å². The summed E-state index contributed by atoms with van der Waals surface area (Å²) in [4.78, 5) is 0. The second-order valence-corrected chi connectivity index (χ2v) is 10.5. The summed E-state index contributed by atoms with van der Waals surface area (Å²) in [6.07, 6.45) is 10.3. The van der Waals surface area contributed by atoms with E-state index in [4.69, 9.17) is 4.52 Å². The van der Waals surface area contributed by atoms with E-state index in [1.54, 1.807) is 6.08 Å². The third-order valence-electron chi connectivity index (χ3n) is 5.37. The molecule has 0 amide bonds. The Labute approximate surface area is 184 Å². The number of allylic oxidation sites excluding steroid dienone is 1. The molecule has 1 atom stereocenters. The average Bonchev–Trinajstić information content (AvgIpc) is 2.71. The molecule has 164 valence electrons. The third-order valence-corrected chi connectivity index (χ3v) is 7.77. The van der Waals surface area contributed by atoms with Gasteiger partial charge in [-0.3, -0.25) is 4.57 Å². The van der Waals surface area contributed by atoms with Gasteiger partial charge in [0.1, 0.15) is 5.75 Å². The molecule has 0 heterocycles.